The van der Waals surface area contributed by atoms with Crippen LogP contribution in [0.15, 0.2) is 72.9 Å². The van der Waals surface area contributed by atoms with Crippen molar-refractivity contribution in [3.63, 3.8) is 0 Å². The fourth-order valence-electron chi connectivity index (χ4n) is 6.45. The molecule has 2 atom stereocenters. The highest BCUT2D eigenvalue weighted by molar-refractivity contribution is 7.45. The number of phosphoric acid groups is 1. The third-order valence-corrected chi connectivity index (χ3v) is 11.2. The van der Waals surface area contributed by atoms with E-state index in [9.17, 15) is 19.0 Å². The molecule has 0 N–H and O–H groups in total. The minimum absolute atomic E-state index is 0.0465. The number of nitrogens with zero attached hydrogens (tertiary/aromatic N) is 1. The highest BCUT2D eigenvalue weighted by Crippen LogP contribution is 2.38. The van der Waals surface area contributed by atoms with Crippen LogP contribution in [0.4, 0.5) is 0 Å². The summed E-state index contributed by atoms with van der Waals surface area (Å²) >= 11 is 0. The molecule has 10 heteroatoms. The summed E-state index contributed by atoms with van der Waals surface area (Å²) in [5.41, 5.74) is 0. The molecular formula is C52H92NO8P. The van der Waals surface area contributed by atoms with Gasteiger partial charge in [-0.1, -0.05) is 202 Å². The van der Waals surface area contributed by atoms with Crippen molar-refractivity contribution in [3.8, 4) is 0 Å². The lowest BCUT2D eigenvalue weighted by atomic mass is 10.0. The van der Waals surface area contributed by atoms with Gasteiger partial charge in [-0.3, -0.25) is 14.2 Å². The Kier molecular flexibility index (Phi) is 41.9. The molecule has 0 aromatic carbocycles. The summed E-state index contributed by atoms with van der Waals surface area (Å²) in [5.74, 6) is -0.930. The highest BCUT2D eigenvalue weighted by atomic mass is 31.2. The average Bonchev–Trinajstić information content (AvgIpc) is 3.23. The van der Waals surface area contributed by atoms with Crippen LogP contribution in [0.1, 0.15) is 194 Å². The van der Waals surface area contributed by atoms with Gasteiger partial charge >= 0.3 is 11.9 Å². The van der Waals surface area contributed by atoms with E-state index in [4.69, 9.17) is 18.5 Å². The van der Waals surface area contributed by atoms with E-state index < -0.39 is 32.5 Å². The summed E-state index contributed by atoms with van der Waals surface area (Å²) in [6.45, 7) is 4.04. The molecule has 0 fully saturated rings. The molecule has 2 unspecified atom stereocenters. The van der Waals surface area contributed by atoms with Gasteiger partial charge in [-0.25, -0.2) is 0 Å². The Morgan fingerprint density at radius 2 is 0.919 bits per heavy atom. The van der Waals surface area contributed by atoms with E-state index in [1.54, 1.807) is 0 Å². The third-order valence-electron chi connectivity index (χ3n) is 10.3. The Morgan fingerprint density at radius 3 is 1.34 bits per heavy atom. The van der Waals surface area contributed by atoms with Crippen molar-refractivity contribution in [2.75, 3.05) is 47.5 Å². The Bertz CT molecular complexity index is 1280. The van der Waals surface area contributed by atoms with Crippen LogP contribution in [0, 0.1) is 0 Å². The van der Waals surface area contributed by atoms with E-state index in [2.05, 4.69) is 74.6 Å². The van der Waals surface area contributed by atoms with Crippen LogP contribution in [0.25, 0.3) is 0 Å². The molecule has 0 aliphatic carbocycles. The lowest BCUT2D eigenvalue weighted by molar-refractivity contribution is -0.870. The second-order valence-corrected chi connectivity index (χ2v) is 18.9. The summed E-state index contributed by atoms with van der Waals surface area (Å²) in [4.78, 5) is 37.6. The molecule has 0 spiro atoms. The molecule has 0 aromatic rings. The predicted octanol–water partition coefficient (Wildman–Crippen LogP) is 13.9. The number of carbonyl (C=O) groups is 2. The van der Waals surface area contributed by atoms with Gasteiger partial charge in [-0.15, -0.1) is 0 Å². The highest BCUT2D eigenvalue weighted by Gasteiger charge is 2.21. The first-order valence-electron chi connectivity index (χ1n) is 24.6. The molecule has 0 heterocycles. The number of ether oxygens (including phenoxy) is 2. The summed E-state index contributed by atoms with van der Waals surface area (Å²) in [5, 5.41) is 0. The van der Waals surface area contributed by atoms with Crippen LogP contribution in [0.3, 0.4) is 0 Å². The fraction of sp³-hybridized carbons (Fsp3) is 0.731. The third kappa shape index (κ3) is 46.9. The van der Waals surface area contributed by atoms with Gasteiger partial charge < -0.3 is 27.9 Å². The smallest absolute Gasteiger partial charge is 0.306 e. The second kappa shape index (κ2) is 43.7. The Balaban J connectivity index is 4.39. The van der Waals surface area contributed by atoms with Crippen molar-refractivity contribution >= 4 is 19.8 Å². The number of unbranched alkanes of at least 4 members (excludes halogenated alkanes) is 18. The van der Waals surface area contributed by atoms with E-state index >= 15 is 0 Å². The maximum absolute atomic E-state index is 12.7. The first-order valence-corrected chi connectivity index (χ1v) is 26.1. The number of carbonyl (C=O) groups excluding carboxylic acids is 2. The Hall–Kier alpha value is -2.55. The van der Waals surface area contributed by atoms with E-state index in [0.29, 0.717) is 17.4 Å². The number of likely N-dealkylation sites (N-methyl/N-ethyl adjacent to an activating group) is 1. The van der Waals surface area contributed by atoms with Gasteiger partial charge in [0.25, 0.3) is 7.82 Å². The average molecular weight is 890 g/mol. The van der Waals surface area contributed by atoms with Crippen molar-refractivity contribution in [2.45, 2.75) is 200 Å². The van der Waals surface area contributed by atoms with Gasteiger partial charge in [0.2, 0.25) is 0 Å². The topological polar surface area (TPSA) is 111 Å². The first-order chi connectivity index (χ1) is 30.0. The lowest BCUT2D eigenvalue weighted by Crippen LogP contribution is -2.37. The summed E-state index contributed by atoms with van der Waals surface area (Å²) in [6, 6.07) is 0. The fourth-order valence-corrected chi connectivity index (χ4v) is 7.17. The number of hydrogen-bond donors (Lipinski definition) is 0. The number of allylic oxidation sites excluding steroid dienone is 12. The largest absolute Gasteiger partial charge is 0.756 e. The van der Waals surface area contributed by atoms with Crippen LogP contribution >= 0.6 is 7.82 Å². The minimum Gasteiger partial charge on any atom is -0.756 e. The van der Waals surface area contributed by atoms with Crippen molar-refractivity contribution in [2.24, 2.45) is 0 Å². The van der Waals surface area contributed by atoms with Crippen LogP contribution in [0.2, 0.25) is 0 Å². The molecule has 0 radical (unpaired) electrons. The van der Waals surface area contributed by atoms with Crippen LogP contribution in [-0.2, 0) is 32.7 Å². The van der Waals surface area contributed by atoms with E-state index in [0.717, 1.165) is 57.8 Å². The van der Waals surface area contributed by atoms with Crippen molar-refractivity contribution < 1.29 is 42.1 Å². The number of quaternary nitrogens is 1. The number of esters is 2. The first kappa shape index (κ1) is 59.5. The zero-order valence-corrected chi connectivity index (χ0v) is 41.2. The SMILES string of the molecule is CC/C=C\C/C=C\C/C=C\C/C=C\C/C=C\C/C=C\CCC(=O)OC(COC(=O)CCCCCCCCCCCCCCCCCCCCC)COP(=O)([O-])OCC[N+](C)(C)C. The minimum atomic E-state index is -4.65. The van der Waals surface area contributed by atoms with Gasteiger partial charge in [0.1, 0.15) is 19.8 Å². The van der Waals surface area contributed by atoms with E-state index in [-0.39, 0.29) is 26.1 Å². The molecule has 358 valence electrons. The Labute approximate surface area is 380 Å². The monoisotopic (exact) mass is 890 g/mol. The van der Waals surface area contributed by atoms with Gasteiger partial charge in [0, 0.05) is 12.8 Å². The summed E-state index contributed by atoms with van der Waals surface area (Å²) in [7, 11) is 1.11. The van der Waals surface area contributed by atoms with E-state index in [1.165, 1.54) is 103 Å². The number of hydrogen-bond acceptors (Lipinski definition) is 8. The summed E-state index contributed by atoms with van der Waals surface area (Å²) in [6.07, 6.45) is 55.2. The molecule has 0 aliphatic rings. The molecule has 0 bridgehead atoms. The molecular weight excluding hydrogens is 798 g/mol. The van der Waals surface area contributed by atoms with Crippen molar-refractivity contribution in [1.29, 1.82) is 0 Å². The summed E-state index contributed by atoms with van der Waals surface area (Å²) < 4.78 is 33.9. The molecule has 62 heavy (non-hydrogen) atoms. The number of rotatable bonds is 44. The van der Waals surface area contributed by atoms with Crippen LogP contribution < -0.4 is 4.89 Å². The van der Waals surface area contributed by atoms with Gasteiger partial charge in [0.15, 0.2) is 6.10 Å². The standard InChI is InChI=1S/C52H92NO8P/c1-6-8-10-12-14-16-18-20-22-24-26-28-30-32-34-36-38-40-42-44-51(54)58-48-50(49-60-62(56,57)59-47-46-53(3,4)5)61-52(55)45-43-41-39-37-35-33-31-29-27-25-23-21-19-17-15-13-11-9-7-2/h9,11,15,17,21,23,27,29,33,35,39,41,50H,6-8,10,12-14,16,18-20,22,24-26,28,30-32,34,36-38,40,42-49H2,1-5H3/b11-9-,17-15-,23-21-,29-27-,35-33-,41-39-. The molecule has 9 nitrogen and oxygen atoms in total. The zero-order valence-electron chi connectivity index (χ0n) is 40.3. The molecule has 0 saturated carbocycles. The lowest BCUT2D eigenvalue weighted by Gasteiger charge is -2.28. The predicted molar refractivity (Wildman–Crippen MR) is 259 cm³/mol. The van der Waals surface area contributed by atoms with E-state index in [1.807, 2.05) is 33.3 Å². The quantitative estimate of drug-likeness (QED) is 0.0195. The van der Waals surface area contributed by atoms with Gasteiger partial charge in [-0.2, -0.15) is 0 Å². The van der Waals surface area contributed by atoms with Crippen molar-refractivity contribution in [3.05, 3.63) is 72.9 Å². The molecule has 0 amide bonds. The number of phosphoric ester groups is 1. The maximum atomic E-state index is 12.7. The van der Waals surface area contributed by atoms with Gasteiger partial charge in [0.05, 0.1) is 27.7 Å². The maximum Gasteiger partial charge on any atom is 0.306 e. The second-order valence-electron chi connectivity index (χ2n) is 17.5. The van der Waals surface area contributed by atoms with Crippen LogP contribution in [-0.4, -0.2) is 70.0 Å². The van der Waals surface area contributed by atoms with Crippen molar-refractivity contribution in [1.82, 2.24) is 0 Å². The van der Waals surface area contributed by atoms with Crippen LogP contribution in [0.5, 0.6) is 0 Å². The molecule has 0 saturated heterocycles. The van der Waals surface area contributed by atoms with Gasteiger partial charge in [-0.05, 0) is 51.4 Å². The molecule has 0 aliphatic heterocycles. The Morgan fingerprint density at radius 1 is 0.516 bits per heavy atom. The normalized spacial score (nSPS) is 14.1. The molecule has 0 rings (SSSR count). The zero-order chi connectivity index (χ0) is 45.7. The molecule has 0 aromatic heterocycles.